The SMILES string of the molecule is CC(/C=C/[C@@]1(O)[C@H](C)C[C@H](O)CC1(C)C)O[C@@H]1O[C@H](CO[C@H]2OC[C@](O)(CO)[C@H]2O)[C@@H](O)[C@H](O)[C@H]1O. The van der Waals surface area contributed by atoms with Gasteiger partial charge in [0.05, 0.1) is 37.6 Å². The van der Waals surface area contributed by atoms with E-state index in [1.807, 2.05) is 20.8 Å². The molecule has 3 fully saturated rings. The molecule has 0 radical (unpaired) electrons. The van der Waals surface area contributed by atoms with E-state index in [4.69, 9.17) is 18.9 Å². The molecule has 12 heteroatoms. The molecule has 2 aliphatic heterocycles. The average Bonchev–Trinajstić information content (AvgIpc) is 3.09. The lowest BCUT2D eigenvalue weighted by Crippen LogP contribution is -2.60. The molecule has 0 aromatic heterocycles. The number of hydrogen-bond acceptors (Lipinski definition) is 12. The molecule has 0 bridgehead atoms. The van der Waals surface area contributed by atoms with Crippen molar-refractivity contribution in [3.8, 4) is 0 Å². The minimum atomic E-state index is -1.88. The van der Waals surface area contributed by atoms with Gasteiger partial charge in [0.25, 0.3) is 0 Å². The Kier molecular flexibility index (Phi) is 9.25. The molecule has 2 saturated heterocycles. The van der Waals surface area contributed by atoms with Crippen LogP contribution >= 0.6 is 0 Å². The zero-order valence-corrected chi connectivity index (χ0v) is 21.2. The summed E-state index contributed by atoms with van der Waals surface area (Å²) in [6, 6.07) is 0. The predicted molar refractivity (Wildman–Crippen MR) is 123 cm³/mol. The predicted octanol–water partition coefficient (Wildman–Crippen LogP) is -2.24. The smallest absolute Gasteiger partial charge is 0.187 e. The molecule has 12 atom stereocenters. The van der Waals surface area contributed by atoms with Crippen molar-refractivity contribution in [1.29, 1.82) is 0 Å². The van der Waals surface area contributed by atoms with Crippen molar-refractivity contribution >= 4 is 0 Å². The molecule has 3 aliphatic rings. The molecule has 3 rings (SSSR count). The quantitative estimate of drug-likeness (QED) is 0.160. The third-order valence-electron chi connectivity index (χ3n) is 7.85. The Bertz CT molecular complexity index is 763. The third kappa shape index (κ3) is 5.80. The normalized spacial score (nSPS) is 48.4. The highest BCUT2D eigenvalue weighted by Gasteiger charge is 2.52. The molecule has 36 heavy (non-hydrogen) atoms. The summed E-state index contributed by atoms with van der Waals surface area (Å²) in [5.74, 6) is -0.216. The molecule has 210 valence electrons. The van der Waals surface area contributed by atoms with Crippen molar-refractivity contribution < 1.29 is 59.8 Å². The highest BCUT2D eigenvalue weighted by molar-refractivity contribution is 5.15. The average molecular weight is 523 g/mol. The van der Waals surface area contributed by atoms with E-state index in [0.717, 1.165) is 0 Å². The van der Waals surface area contributed by atoms with Gasteiger partial charge in [-0.05, 0) is 31.1 Å². The van der Waals surface area contributed by atoms with Gasteiger partial charge in [-0.2, -0.15) is 0 Å². The second kappa shape index (κ2) is 11.2. The molecule has 2 heterocycles. The first-order valence-electron chi connectivity index (χ1n) is 12.3. The maximum atomic E-state index is 11.4. The van der Waals surface area contributed by atoms with Crippen LogP contribution in [0.4, 0.5) is 0 Å². The molecule has 1 saturated carbocycles. The summed E-state index contributed by atoms with van der Waals surface area (Å²) in [6.07, 6.45) is -7.17. The minimum absolute atomic E-state index is 0.216. The van der Waals surface area contributed by atoms with Gasteiger partial charge in [-0.3, -0.25) is 0 Å². The number of rotatable bonds is 8. The van der Waals surface area contributed by atoms with E-state index < -0.39 is 78.5 Å². The van der Waals surface area contributed by atoms with Crippen LogP contribution in [0.3, 0.4) is 0 Å². The van der Waals surface area contributed by atoms with Crippen molar-refractivity contribution in [3.05, 3.63) is 12.2 Å². The Morgan fingerprint density at radius 1 is 1.03 bits per heavy atom. The van der Waals surface area contributed by atoms with Gasteiger partial charge in [-0.15, -0.1) is 0 Å². The maximum absolute atomic E-state index is 11.4. The van der Waals surface area contributed by atoms with Gasteiger partial charge in [0.1, 0.15) is 36.1 Å². The minimum Gasteiger partial charge on any atom is -0.393 e. The molecule has 8 N–H and O–H groups in total. The van der Waals surface area contributed by atoms with Crippen LogP contribution in [0.5, 0.6) is 0 Å². The Labute approximate surface area is 210 Å². The summed E-state index contributed by atoms with van der Waals surface area (Å²) in [5.41, 5.74) is -3.69. The van der Waals surface area contributed by atoms with E-state index >= 15 is 0 Å². The highest BCUT2D eigenvalue weighted by atomic mass is 16.7. The summed E-state index contributed by atoms with van der Waals surface area (Å²) in [4.78, 5) is 0. The van der Waals surface area contributed by atoms with Gasteiger partial charge >= 0.3 is 0 Å². The van der Waals surface area contributed by atoms with Gasteiger partial charge in [0, 0.05) is 0 Å². The molecule has 0 spiro atoms. The van der Waals surface area contributed by atoms with Crippen LogP contribution < -0.4 is 0 Å². The molecule has 0 amide bonds. The molecule has 1 unspecified atom stereocenters. The number of ether oxygens (including phenoxy) is 4. The summed E-state index contributed by atoms with van der Waals surface area (Å²) in [6.45, 7) is 5.80. The zero-order chi connectivity index (χ0) is 27.1. The van der Waals surface area contributed by atoms with Gasteiger partial charge in [-0.25, -0.2) is 0 Å². The monoisotopic (exact) mass is 522 g/mol. The first kappa shape index (κ1) is 29.8. The largest absolute Gasteiger partial charge is 0.393 e. The molecule has 0 aromatic rings. The molecule has 1 aliphatic carbocycles. The molecular weight excluding hydrogens is 480 g/mol. The van der Waals surface area contributed by atoms with E-state index in [0.29, 0.717) is 12.8 Å². The van der Waals surface area contributed by atoms with Crippen molar-refractivity contribution in [3.63, 3.8) is 0 Å². The highest BCUT2D eigenvalue weighted by Crippen LogP contribution is 2.48. The lowest BCUT2D eigenvalue weighted by atomic mass is 9.60. The van der Waals surface area contributed by atoms with Gasteiger partial charge < -0.3 is 59.8 Å². The van der Waals surface area contributed by atoms with Crippen molar-refractivity contribution in [2.45, 2.75) is 107 Å². The van der Waals surface area contributed by atoms with Gasteiger partial charge in [0.2, 0.25) is 0 Å². The fourth-order valence-electron chi connectivity index (χ4n) is 5.31. The number of aliphatic hydroxyl groups is 8. The Morgan fingerprint density at radius 3 is 2.28 bits per heavy atom. The fraction of sp³-hybridized carbons (Fsp3) is 0.917. The lowest BCUT2D eigenvalue weighted by Gasteiger charge is -2.50. The van der Waals surface area contributed by atoms with E-state index in [1.165, 1.54) is 0 Å². The van der Waals surface area contributed by atoms with Gasteiger partial charge in [0.15, 0.2) is 12.6 Å². The van der Waals surface area contributed by atoms with Crippen LogP contribution in [-0.4, -0.2) is 127 Å². The van der Waals surface area contributed by atoms with Crippen LogP contribution in [0, 0.1) is 11.3 Å². The van der Waals surface area contributed by atoms with Crippen LogP contribution in [0.25, 0.3) is 0 Å². The second-order valence-corrected chi connectivity index (χ2v) is 11.1. The molecule has 12 nitrogen and oxygen atoms in total. The van der Waals surface area contributed by atoms with Crippen molar-refractivity contribution in [2.24, 2.45) is 11.3 Å². The topological polar surface area (TPSA) is 199 Å². The second-order valence-electron chi connectivity index (χ2n) is 11.1. The van der Waals surface area contributed by atoms with Crippen LogP contribution in [0.15, 0.2) is 12.2 Å². The van der Waals surface area contributed by atoms with Crippen molar-refractivity contribution in [1.82, 2.24) is 0 Å². The molecule has 0 aromatic carbocycles. The lowest BCUT2D eigenvalue weighted by molar-refractivity contribution is -0.314. The van der Waals surface area contributed by atoms with E-state index in [-0.39, 0.29) is 19.1 Å². The number of aliphatic hydroxyl groups excluding tert-OH is 6. The third-order valence-corrected chi connectivity index (χ3v) is 7.85. The standard InChI is InChI=1S/C24H42O12/c1-12-7-14(26)8-22(3,4)24(12,32)6-5-13(2)35-20-18(29)17(28)16(27)15(36-20)9-33-21-19(30)23(31,10-25)11-34-21/h5-6,12-21,25-32H,7-11H2,1-4H3/b6-5+/t12-,13?,14+,15-,16-,17+,18-,19+,20-,21+,23-,24-/m1/s1. The first-order valence-corrected chi connectivity index (χ1v) is 12.3. The van der Waals surface area contributed by atoms with Crippen LogP contribution in [0.1, 0.15) is 40.5 Å². The Morgan fingerprint density at radius 2 is 1.69 bits per heavy atom. The van der Waals surface area contributed by atoms with Crippen LogP contribution in [-0.2, 0) is 18.9 Å². The summed E-state index contributed by atoms with van der Waals surface area (Å²) >= 11 is 0. The van der Waals surface area contributed by atoms with E-state index in [2.05, 4.69) is 0 Å². The van der Waals surface area contributed by atoms with Crippen molar-refractivity contribution in [2.75, 3.05) is 19.8 Å². The van der Waals surface area contributed by atoms with E-state index in [1.54, 1.807) is 19.1 Å². The summed E-state index contributed by atoms with van der Waals surface area (Å²) in [7, 11) is 0. The Hall–Kier alpha value is -0.740. The fourth-order valence-corrected chi connectivity index (χ4v) is 5.31. The van der Waals surface area contributed by atoms with Gasteiger partial charge in [-0.1, -0.05) is 32.9 Å². The molecular formula is C24H42O12. The summed E-state index contributed by atoms with van der Waals surface area (Å²) < 4.78 is 21.9. The Balaban J connectivity index is 1.62. The first-order chi connectivity index (χ1) is 16.6. The maximum Gasteiger partial charge on any atom is 0.187 e. The summed E-state index contributed by atoms with van der Waals surface area (Å²) in [5, 5.41) is 81.9. The van der Waals surface area contributed by atoms with Crippen LogP contribution in [0.2, 0.25) is 0 Å². The number of hydrogen-bond donors (Lipinski definition) is 8. The zero-order valence-electron chi connectivity index (χ0n) is 21.2. The van der Waals surface area contributed by atoms with E-state index in [9.17, 15) is 40.9 Å².